The van der Waals surface area contributed by atoms with Crippen molar-refractivity contribution in [1.29, 1.82) is 0 Å². The molecule has 12 nitrogen and oxygen atoms in total. The number of carbonyl (C=O) groups is 4. The largest absolute Gasteiger partial charge is 0.479 e. The monoisotopic (exact) mass is 1020 g/mol. The molecule has 6 unspecified atom stereocenters. The number of carboxylic acid groups (broad SMARTS) is 1. The quantitative estimate of drug-likeness (QED) is 0.0228. The summed E-state index contributed by atoms with van der Waals surface area (Å²) in [6.07, 6.45) is 52.1. The molecule has 1 aliphatic rings. The number of hydrogen-bond acceptors (Lipinski definition) is 11. The van der Waals surface area contributed by atoms with Crippen molar-refractivity contribution in [3.8, 4) is 0 Å². The van der Waals surface area contributed by atoms with Crippen molar-refractivity contribution in [2.24, 2.45) is 0 Å². The van der Waals surface area contributed by atoms with Crippen LogP contribution in [0, 0.1) is 0 Å². The fraction of sp³-hybridized carbons (Fsp3) is 0.639. The maximum Gasteiger partial charge on any atom is 0.335 e. The van der Waals surface area contributed by atoms with E-state index in [1.165, 1.54) is 0 Å². The Morgan fingerprint density at radius 2 is 0.863 bits per heavy atom. The SMILES string of the molecule is CC/C=C\C/C=C\C/C=C\C/C=C\CCCCCCC(=O)OCC(COC1OC(C(=O)O)C(O)C(O)C1OC(=O)CCCCC/C=C\C/C=C\C/C=C\CC)OC(=O)CCCCCCC/C=C\C/C=C\CCC. The van der Waals surface area contributed by atoms with E-state index in [2.05, 4.69) is 130 Å². The minimum absolute atomic E-state index is 0.0155. The lowest BCUT2D eigenvalue weighted by atomic mass is 9.98. The Balaban J connectivity index is 2.75. The van der Waals surface area contributed by atoms with Crippen molar-refractivity contribution in [3.63, 3.8) is 0 Å². The molecule has 73 heavy (non-hydrogen) atoms. The topological polar surface area (TPSA) is 175 Å². The molecule has 1 rings (SSSR count). The number of ether oxygens (including phenoxy) is 5. The van der Waals surface area contributed by atoms with Crippen LogP contribution in [0.15, 0.2) is 109 Å². The second kappa shape index (κ2) is 48.3. The maximum atomic E-state index is 13.1. The average molecular weight is 1020 g/mol. The summed E-state index contributed by atoms with van der Waals surface area (Å²) in [4.78, 5) is 51.0. The first kappa shape index (κ1) is 66.4. The maximum absolute atomic E-state index is 13.1. The third kappa shape index (κ3) is 38.6. The van der Waals surface area contributed by atoms with Gasteiger partial charge in [0.05, 0.1) is 6.61 Å². The van der Waals surface area contributed by atoms with Gasteiger partial charge in [0.25, 0.3) is 0 Å². The van der Waals surface area contributed by atoms with Crippen LogP contribution in [-0.2, 0) is 42.9 Å². The van der Waals surface area contributed by atoms with Gasteiger partial charge in [0, 0.05) is 19.3 Å². The van der Waals surface area contributed by atoms with E-state index in [4.69, 9.17) is 23.7 Å². The number of aliphatic hydroxyl groups excluding tert-OH is 2. The van der Waals surface area contributed by atoms with Gasteiger partial charge in [-0.05, 0) is 116 Å². The zero-order valence-corrected chi connectivity index (χ0v) is 45.1. The summed E-state index contributed by atoms with van der Waals surface area (Å²) in [7, 11) is 0. The lowest BCUT2D eigenvalue weighted by molar-refractivity contribution is -0.301. The molecule has 1 heterocycles. The summed E-state index contributed by atoms with van der Waals surface area (Å²) >= 11 is 0. The first-order chi connectivity index (χ1) is 35.6. The van der Waals surface area contributed by atoms with Crippen LogP contribution in [0.1, 0.15) is 201 Å². The van der Waals surface area contributed by atoms with Crippen LogP contribution in [0.4, 0.5) is 0 Å². The third-order valence-electron chi connectivity index (χ3n) is 11.8. The summed E-state index contributed by atoms with van der Waals surface area (Å²) < 4.78 is 28.3. The van der Waals surface area contributed by atoms with Crippen molar-refractivity contribution >= 4 is 23.9 Å². The van der Waals surface area contributed by atoms with Crippen molar-refractivity contribution in [2.45, 2.75) is 237 Å². The highest BCUT2D eigenvalue weighted by Gasteiger charge is 2.50. The minimum Gasteiger partial charge on any atom is -0.479 e. The summed E-state index contributed by atoms with van der Waals surface area (Å²) in [5.41, 5.74) is 0. The normalized spacial score (nSPS) is 19.2. The molecule has 0 bridgehead atoms. The van der Waals surface area contributed by atoms with E-state index < -0.39 is 67.3 Å². The second-order valence-corrected chi connectivity index (χ2v) is 18.4. The summed E-state index contributed by atoms with van der Waals surface area (Å²) in [6, 6.07) is 0. The Bertz CT molecular complexity index is 1690. The van der Waals surface area contributed by atoms with Gasteiger partial charge in [0.15, 0.2) is 24.6 Å². The van der Waals surface area contributed by atoms with Gasteiger partial charge in [-0.25, -0.2) is 4.79 Å². The molecule has 1 fully saturated rings. The molecule has 0 radical (unpaired) electrons. The fourth-order valence-corrected chi connectivity index (χ4v) is 7.59. The predicted octanol–water partition coefficient (Wildman–Crippen LogP) is 13.9. The smallest absolute Gasteiger partial charge is 0.335 e. The number of aliphatic hydroxyl groups is 2. The Hall–Kier alpha value is -4.62. The lowest BCUT2D eigenvalue weighted by Crippen LogP contribution is -2.61. The summed E-state index contributed by atoms with van der Waals surface area (Å²) in [5, 5.41) is 31.4. The van der Waals surface area contributed by atoms with Crippen LogP contribution in [0.25, 0.3) is 0 Å². The standard InChI is InChI=1S/C61H96O12/c1-4-7-10-13-16-19-22-25-26-27-28-31-32-35-38-41-44-47-53(62)69-50-52(71-54(63)48-45-42-39-36-33-29-23-20-17-14-11-8-5-2)51-70-61-59(57(66)56(65)58(73-61)60(67)68)72-55(64)49-46-43-40-37-34-30-24-21-18-15-12-9-6-3/h7,9-12,14,16,18-21,23,25-26,28,30-31,34,52,56-59,61,65-66H,4-6,8,13,15,17,22,24,27,29,32-33,35-51H2,1-3H3,(H,67,68)/b10-7-,12-9-,14-11-,19-16-,21-18-,23-20-,26-25-,31-28-,34-30-. The van der Waals surface area contributed by atoms with E-state index in [-0.39, 0.29) is 25.9 Å². The summed E-state index contributed by atoms with van der Waals surface area (Å²) in [6.45, 7) is 5.62. The molecular formula is C61H96O12. The van der Waals surface area contributed by atoms with Crippen LogP contribution < -0.4 is 0 Å². The van der Waals surface area contributed by atoms with Gasteiger partial charge in [0.2, 0.25) is 0 Å². The molecule has 1 aliphatic heterocycles. The molecular weight excluding hydrogens is 925 g/mol. The molecule has 0 spiro atoms. The lowest BCUT2D eigenvalue weighted by Gasteiger charge is -2.40. The van der Waals surface area contributed by atoms with Gasteiger partial charge in [-0.15, -0.1) is 0 Å². The molecule has 412 valence electrons. The molecule has 0 saturated carbocycles. The van der Waals surface area contributed by atoms with E-state index in [0.717, 1.165) is 141 Å². The molecule has 0 aromatic rings. The van der Waals surface area contributed by atoms with Gasteiger partial charge in [-0.2, -0.15) is 0 Å². The fourth-order valence-electron chi connectivity index (χ4n) is 7.59. The zero-order chi connectivity index (χ0) is 53.3. The van der Waals surface area contributed by atoms with Crippen molar-refractivity contribution in [3.05, 3.63) is 109 Å². The van der Waals surface area contributed by atoms with Crippen LogP contribution in [-0.4, -0.2) is 89.2 Å². The van der Waals surface area contributed by atoms with Crippen LogP contribution in [0.3, 0.4) is 0 Å². The van der Waals surface area contributed by atoms with Crippen molar-refractivity contribution in [2.75, 3.05) is 13.2 Å². The van der Waals surface area contributed by atoms with E-state index in [0.29, 0.717) is 19.3 Å². The highest BCUT2D eigenvalue weighted by Crippen LogP contribution is 2.26. The number of esters is 3. The average Bonchev–Trinajstić information content (AvgIpc) is 3.37. The summed E-state index contributed by atoms with van der Waals surface area (Å²) in [5.74, 6) is -3.23. The van der Waals surface area contributed by atoms with E-state index in [9.17, 15) is 34.5 Å². The second-order valence-electron chi connectivity index (χ2n) is 18.4. The Morgan fingerprint density at radius 1 is 0.466 bits per heavy atom. The number of aliphatic carboxylic acids is 1. The Labute approximate surface area is 440 Å². The van der Waals surface area contributed by atoms with Gasteiger partial charge in [-0.1, -0.05) is 175 Å². The number of rotatable bonds is 45. The van der Waals surface area contributed by atoms with Gasteiger partial charge < -0.3 is 39.0 Å². The predicted molar refractivity (Wildman–Crippen MR) is 294 cm³/mol. The first-order valence-electron chi connectivity index (χ1n) is 27.9. The highest BCUT2D eigenvalue weighted by molar-refractivity contribution is 5.74. The molecule has 3 N–H and O–H groups in total. The number of allylic oxidation sites excluding steroid dienone is 18. The molecule has 6 atom stereocenters. The molecule has 0 aromatic heterocycles. The number of unbranched alkanes of at least 4 members (excludes halogenated alkanes) is 13. The van der Waals surface area contributed by atoms with Gasteiger partial charge >= 0.3 is 23.9 Å². The zero-order valence-electron chi connectivity index (χ0n) is 45.1. The van der Waals surface area contributed by atoms with E-state index in [1.54, 1.807) is 0 Å². The molecule has 1 saturated heterocycles. The van der Waals surface area contributed by atoms with Crippen LogP contribution >= 0.6 is 0 Å². The number of carboxylic acids is 1. The Kier molecular flexibility index (Phi) is 44.0. The minimum atomic E-state index is -1.92. The molecule has 0 aliphatic carbocycles. The van der Waals surface area contributed by atoms with Gasteiger partial charge in [-0.3, -0.25) is 14.4 Å². The van der Waals surface area contributed by atoms with Crippen molar-refractivity contribution < 1.29 is 58.2 Å². The van der Waals surface area contributed by atoms with E-state index in [1.807, 2.05) is 0 Å². The van der Waals surface area contributed by atoms with Crippen LogP contribution in [0.2, 0.25) is 0 Å². The van der Waals surface area contributed by atoms with Crippen molar-refractivity contribution in [1.82, 2.24) is 0 Å². The number of carbonyl (C=O) groups excluding carboxylic acids is 3. The highest BCUT2D eigenvalue weighted by atomic mass is 16.7. The van der Waals surface area contributed by atoms with E-state index >= 15 is 0 Å². The molecule has 0 aromatic carbocycles. The number of hydrogen-bond donors (Lipinski definition) is 3. The first-order valence-corrected chi connectivity index (χ1v) is 27.9. The Morgan fingerprint density at radius 3 is 1.33 bits per heavy atom. The molecule has 0 amide bonds. The third-order valence-corrected chi connectivity index (χ3v) is 11.8. The molecule has 12 heteroatoms. The van der Waals surface area contributed by atoms with Gasteiger partial charge in [0.1, 0.15) is 18.8 Å². The van der Waals surface area contributed by atoms with Crippen LogP contribution in [0.5, 0.6) is 0 Å².